The van der Waals surface area contributed by atoms with E-state index in [1.165, 1.54) is 6.92 Å². The molecule has 0 bridgehead atoms. The average molecular weight is 1280 g/mol. The van der Waals surface area contributed by atoms with Crippen molar-refractivity contribution in [1.82, 2.24) is 5.32 Å². The molecule has 0 aromatic carbocycles. The predicted octanol–water partition coefficient (Wildman–Crippen LogP) is 2.09. The van der Waals surface area contributed by atoms with E-state index >= 15 is 0 Å². The summed E-state index contributed by atoms with van der Waals surface area (Å²) in [5.41, 5.74) is -4.31. The van der Waals surface area contributed by atoms with Crippen molar-refractivity contribution in [2.75, 3.05) is 19.8 Å². The van der Waals surface area contributed by atoms with Crippen LogP contribution in [0.4, 0.5) is 0 Å². The number of fused-ring (bicyclic) bond motifs is 10. The van der Waals surface area contributed by atoms with Crippen LogP contribution < -0.4 is 5.32 Å². The molecule has 0 aromatic rings. The number of carbonyl (C=O) groups is 1. The van der Waals surface area contributed by atoms with E-state index in [1.807, 2.05) is 6.92 Å². The lowest BCUT2D eigenvalue weighted by atomic mass is 9.73. The number of aliphatic hydroxyl groups excluding tert-OH is 4. The molecular weight excluding hydrogens is 1190 g/mol. The van der Waals surface area contributed by atoms with Crippen molar-refractivity contribution in [3.63, 3.8) is 0 Å². The smallest absolute Gasteiger partial charge is 0.394 e. The van der Waals surface area contributed by atoms with Gasteiger partial charge < -0.3 is 83.0 Å². The van der Waals surface area contributed by atoms with Gasteiger partial charge >= 0.3 is 20.8 Å². The van der Waals surface area contributed by atoms with Crippen LogP contribution >= 0.6 is 0 Å². The predicted molar refractivity (Wildman–Crippen MR) is 302 cm³/mol. The number of aliphatic hydroxyl groups is 5. The van der Waals surface area contributed by atoms with Gasteiger partial charge in [0.2, 0.25) is 5.91 Å². The molecule has 1 amide bonds. The van der Waals surface area contributed by atoms with E-state index in [1.54, 1.807) is 19.1 Å². The highest BCUT2D eigenvalue weighted by Crippen LogP contribution is 2.55. The molecule has 11 rings (SSSR count). The molecule has 28 atom stereocenters. The highest BCUT2D eigenvalue weighted by molar-refractivity contribution is 7.81. The van der Waals surface area contributed by atoms with Crippen LogP contribution in [0, 0.1) is 5.92 Å². The summed E-state index contributed by atoms with van der Waals surface area (Å²) >= 11 is 0. The monoisotopic (exact) mass is 1280 g/mol. The molecular formula is C59H91NO25S2. The summed E-state index contributed by atoms with van der Waals surface area (Å²) in [5, 5.41) is 55.7. The molecule has 28 heteroatoms. The Labute approximate surface area is 509 Å². The molecule has 0 saturated carbocycles. The van der Waals surface area contributed by atoms with E-state index in [9.17, 15) is 51.2 Å². The zero-order valence-corrected chi connectivity index (χ0v) is 52.0. The molecule has 0 aromatic heterocycles. The van der Waals surface area contributed by atoms with Crippen LogP contribution in [0.5, 0.6) is 0 Å². The van der Waals surface area contributed by atoms with Gasteiger partial charge in [0.25, 0.3) is 0 Å². The van der Waals surface area contributed by atoms with Gasteiger partial charge in [-0.3, -0.25) is 13.9 Å². The fraction of sp³-hybridized carbons (Fsp3) is 0.881. The van der Waals surface area contributed by atoms with Gasteiger partial charge in [-0.05, 0) is 84.6 Å². The van der Waals surface area contributed by atoms with Crippen molar-refractivity contribution in [3.05, 3.63) is 36.5 Å². The van der Waals surface area contributed by atoms with E-state index in [0.717, 1.165) is 0 Å². The van der Waals surface area contributed by atoms with Crippen molar-refractivity contribution in [2.24, 2.45) is 5.92 Å². The van der Waals surface area contributed by atoms with Gasteiger partial charge in [-0.1, -0.05) is 37.8 Å². The quantitative estimate of drug-likeness (QED) is 0.0587. The van der Waals surface area contributed by atoms with Gasteiger partial charge in [0.1, 0.15) is 30.0 Å². The molecule has 8 N–H and O–H groups in total. The lowest BCUT2D eigenvalue weighted by molar-refractivity contribution is -0.362. The van der Waals surface area contributed by atoms with E-state index in [0.29, 0.717) is 75.4 Å². The van der Waals surface area contributed by atoms with Crippen LogP contribution in [0.15, 0.2) is 36.5 Å². The molecule has 11 fully saturated rings. The summed E-state index contributed by atoms with van der Waals surface area (Å²) in [6, 6.07) is 0. The molecule has 11 saturated heterocycles. The first-order valence-corrected chi connectivity index (χ1v) is 33.7. The second-order valence-electron chi connectivity index (χ2n) is 27.8. The van der Waals surface area contributed by atoms with Crippen LogP contribution in [-0.4, -0.2) is 239 Å². The summed E-state index contributed by atoms with van der Waals surface area (Å²) in [7, 11) is -9.77. The number of hydrogen-bond donors (Lipinski definition) is 8. The van der Waals surface area contributed by atoms with Gasteiger partial charge in [-0.25, -0.2) is 8.37 Å². The van der Waals surface area contributed by atoms with Gasteiger partial charge in [0, 0.05) is 57.9 Å². The Bertz CT molecular complexity index is 2790. The average Bonchev–Trinajstić information content (AvgIpc) is 1.71. The Hall–Kier alpha value is -2.21. The van der Waals surface area contributed by atoms with E-state index in [4.69, 9.17) is 61.4 Å². The third kappa shape index (κ3) is 14.0. The molecule has 2 unspecified atom stereocenters. The normalized spacial score (nSPS) is 47.6. The van der Waals surface area contributed by atoms with Crippen molar-refractivity contribution in [2.45, 2.75) is 300 Å². The topological polar surface area (TPSA) is 359 Å². The van der Waals surface area contributed by atoms with Crippen LogP contribution in [0.2, 0.25) is 0 Å². The van der Waals surface area contributed by atoms with Crippen molar-refractivity contribution >= 4 is 26.7 Å². The summed E-state index contributed by atoms with van der Waals surface area (Å²) in [5.74, 6) is -0.529. The largest absolute Gasteiger partial charge is 0.397 e. The maximum absolute atomic E-state index is 12.4. The van der Waals surface area contributed by atoms with E-state index in [2.05, 4.69) is 43.4 Å². The first kappa shape index (κ1) is 66.3. The van der Waals surface area contributed by atoms with E-state index in [-0.39, 0.29) is 75.1 Å². The number of allylic oxidation sites excluding steroid dienone is 1. The first-order valence-electron chi connectivity index (χ1n) is 31.0. The molecule has 494 valence electrons. The van der Waals surface area contributed by atoms with Crippen LogP contribution in [0.3, 0.4) is 0 Å². The van der Waals surface area contributed by atoms with Gasteiger partial charge in [-0.15, -0.1) is 0 Å². The Kier molecular flexibility index (Phi) is 19.0. The number of amides is 1. The minimum absolute atomic E-state index is 0.0125. The summed E-state index contributed by atoms with van der Waals surface area (Å²) < 4.78 is 151. The Morgan fingerprint density at radius 3 is 2.01 bits per heavy atom. The summed E-state index contributed by atoms with van der Waals surface area (Å²) in [4.78, 5) is 12.2. The fourth-order valence-corrected chi connectivity index (χ4v) is 17.2. The standard InChI is InChI=1S/C59H91NO25S2/c1-29(16-32(62)18-50(64)60-27-33(63)28-61)10-9-12-55(4,66)54-30(2)17-42-41(80-54)24-49-59(8,83-42)53(65)52-45(79-49)22-44-51(81-52)31(3)26-58(7)47(78-44)25-46-57(6,85-58)13-11-34-35(77-46)19-37-36(74-34)20-38-39(75-37)21-43-40(76-38)23-48(84-87(70,71)72)56(5,82-43)14-15-73-86(67,68)69/h9-10,31-49,51-54,61-63,65-66H,1-2,11-28H2,3-8H3,(H,60,64)(H,67,68,69)(H,70,71,72)/b10-9+/t31-,32?,33?,34-,35+,36+,37-,38-,39+,40+,41+,42-,43-,44-,45+,46-,47+,48-,49-,51+,52+,53+,54-,55+,56+,57+,58-,59-/m0/s1. The molecule has 87 heavy (non-hydrogen) atoms. The molecule has 0 aliphatic carbocycles. The SMILES string of the molecule is C=C(/C=C/C[C@@](C)(O)[C@H]1O[C@@H]2C[C@@H]3O[C@@H]4C[C@@H]5O[C@@H]6C[C@@H]7O[C@@H]8C[C@@H]9O[C@@H]%10C[C@@H]%11O[C@](C)(CCOS(=O)(=O)O)[C@@H](OS(=O)(=O)O)C[C@H]%11O[C@H]%10C[C@H]9O[C@H]8CC[C@@]7(C)O[C@@]6(C)C[C@H](C)[C@H]5O[C@H]4[C@@H](O)[C@@]3(C)O[C@H]2CC1=C)CC(O)CC(=O)NCC(O)CO. The minimum atomic E-state index is -4.96. The number of nitrogens with one attached hydrogen (secondary N) is 1. The van der Waals surface area contributed by atoms with Crippen molar-refractivity contribution in [1.29, 1.82) is 0 Å². The lowest BCUT2D eigenvalue weighted by Crippen LogP contribution is -2.73. The van der Waals surface area contributed by atoms with Gasteiger partial charge in [-0.2, -0.15) is 16.8 Å². The number of ether oxygens (including phenoxy) is 11. The number of rotatable bonds is 17. The minimum Gasteiger partial charge on any atom is -0.394 e. The van der Waals surface area contributed by atoms with E-state index < -0.39 is 172 Å². The molecule has 26 nitrogen and oxygen atoms in total. The van der Waals surface area contributed by atoms with Crippen molar-refractivity contribution < 1.29 is 117 Å². The van der Waals surface area contributed by atoms with Crippen LogP contribution in [0.1, 0.15) is 138 Å². The summed E-state index contributed by atoms with van der Waals surface area (Å²) in [6.45, 7) is 18.5. The molecule has 11 aliphatic rings. The maximum atomic E-state index is 12.4. The Balaban J connectivity index is 0.705. The third-order valence-electron chi connectivity index (χ3n) is 20.8. The Morgan fingerprint density at radius 2 is 1.33 bits per heavy atom. The van der Waals surface area contributed by atoms with Gasteiger partial charge in [0.05, 0.1) is 152 Å². The van der Waals surface area contributed by atoms with Crippen molar-refractivity contribution in [3.8, 4) is 0 Å². The number of carbonyl (C=O) groups excluding carboxylic acids is 1. The maximum Gasteiger partial charge on any atom is 0.397 e. The Morgan fingerprint density at radius 1 is 0.736 bits per heavy atom. The molecule has 0 radical (unpaired) electrons. The first-order chi connectivity index (χ1) is 40.7. The lowest BCUT2D eigenvalue weighted by Gasteiger charge is -2.59. The number of hydrogen-bond acceptors (Lipinski definition) is 23. The molecule has 0 spiro atoms. The van der Waals surface area contributed by atoms with Crippen LogP contribution in [-0.2, 0) is 86.1 Å². The highest BCUT2D eigenvalue weighted by atomic mass is 32.3. The second kappa shape index (κ2) is 24.9. The van der Waals surface area contributed by atoms with Crippen LogP contribution in [0.25, 0.3) is 0 Å². The third-order valence-corrected chi connectivity index (χ3v) is 21.7. The summed E-state index contributed by atoms with van der Waals surface area (Å²) in [6.07, 6.45) is -4.88. The second-order valence-corrected chi connectivity index (χ2v) is 29.9. The zero-order valence-electron chi connectivity index (χ0n) is 50.4. The fourth-order valence-electron chi connectivity index (χ4n) is 16.3. The van der Waals surface area contributed by atoms with Gasteiger partial charge in [0.15, 0.2) is 0 Å². The zero-order chi connectivity index (χ0) is 62.6. The molecule has 11 aliphatic heterocycles. The molecule has 11 heterocycles. The highest BCUT2D eigenvalue weighted by Gasteiger charge is 2.66.